The summed E-state index contributed by atoms with van der Waals surface area (Å²) >= 11 is 0. The van der Waals surface area contributed by atoms with Crippen LogP contribution in [0.2, 0.25) is 0 Å². The molecule has 0 aromatic carbocycles. The van der Waals surface area contributed by atoms with Gasteiger partial charge in [-0.3, -0.25) is 0 Å². The van der Waals surface area contributed by atoms with Gasteiger partial charge in [-0.05, 0) is 0 Å². The van der Waals surface area contributed by atoms with Gasteiger partial charge in [0.05, 0.1) is 0 Å². The molecular weight excluding hydrogens is 216 g/mol. The van der Waals surface area contributed by atoms with Crippen LogP contribution in [0.25, 0.3) is 0 Å². The molecule has 0 saturated heterocycles. The highest BCUT2D eigenvalue weighted by molar-refractivity contribution is 5.10. The second-order valence-electron chi connectivity index (χ2n) is 0.408. The average molecular weight is 258 g/mol. The van der Waals surface area contributed by atoms with E-state index in [-0.39, 0.29) is 0 Å². The molecule has 1 N–H and O–H groups in total. The number of hydrogen-bond donors (Lipinski definition) is 1. The maximum atomic E-state index is 8.00. The van der Waals surface area contributed by atoms with E-state index in [1.165, 1.54) is 0 Å². The van der Waals surface area contributed by atoms with Crippen molar-refractivity contribution in [3.8, 4) is 0 Å². The fraction of sp³-hybridized carbons (Fsp3) is 0.929. The molecule has 17 heavy (non-hydrogen) atoms. The van der Waals surface area contributed by atoms with Crippen LogP contribution in [0.4, 0.5) is 0 Å². The molecule has 0 aliphatic rings. The molecule has 0 rings (SSSR count). The predicted molar refractivity (Wildman–Crippen MR) is 84.9 cm³/mol. The standard InChI is InChI=1S/C2H6O.5C2H6.CH4O.CH2O/c1-3-2;7*1-2/h1-2H3;5*1-2H3;2H,1H3;1H2. The Bertz CT molecular complexity index is 15.4. The summed E-state index contributed by atoms with van der Waals surface area (Å²) in [4.78, 5) is 8.00. The summed E-state index contributed by atoms with van der Waals surface area (Å²) in [5.41, 5.74) is 0. The normalized spacial score (nSPS) is 3.41. The highest BCUT2D eigenvalue weighted by Crippen LogP contribution is 1.28. The molecule has 3 nitrogen and oxygen atoms in total. The van der Waals surface area contributed by atoms with E-state index in [9.17, 15) is 0 Å². The molecule has 0 radical (unpaired) electrons. The van der Waals surface area contributed by atoms with E-state index in [0.29, 0.717) is 0 Å². The number of hydrogen-bond acceptors (Lipinski definition) is 3. The zero-order valence-electron chi connectivity index (χ0n) is 15.0. The molecule has 0 fully saturated rings. The van der Waals surface area contributed by atoms with Crippen molar-refractivity contribution in [1.82, 2.24) is 0 Å². The van der Waals surface area contributed by atoms with Crippen molar-refractivity contribution in [2.45, 2.75) is 69.2 Å². The zero-order valence-corrected chi connectivity index (χ0v) is 15.0. The van der Waals surface area contributed by atoms with Gasteiger partial charge in [-0.2, -0.15) is 0 Å². The number of ether oxygens (including phenoxy) is 1. The molecule has 0 saturated carbocycles. The van der Waals surface area contributed by atoms with E-state index in [1.807, 2.05) is 76.0 Å². The Hall–Kier alpha value is -0.410. The van der Waals surface area contributed by atoms with E-state index >= 15 is 0 Å². The zero-order chi connectivity index (χ0) is 16.7. The maximum Gasteiger partial charge on any atom is 0.106 e. The summed E-state index contributed by atoms with van der Waals surface area (Å²) < 4.78 is 4.25. The average Bonchev–Trinajstić information content (AvgIpc) is 2.53. The SMILES string of the molecule is C=O.CC.CC.CC.CC.CC.CO.COC. The Labute approximate surface area is 113 Å². The van der Waals surface area contributed by atoms with Crippen LogP contribution in [0.5, 0.6) is 0 Å². The highest BCUT2D eigenvalue weighted by Gasteiger charge is 1.25. The van der Waals surface area contributed by atoms with Gasteiger partial charge in [0.25, 0.3) is 0 Å². The molecule has 0 unspecified atom stereocenters. The number of methoxy groups -OCH3 is 1. The monoisotopic (exact) mass is 258 g/mol. The van der Waals surface area contributed by atoms with Crippen LogP contribution in [-0.4, -0.2) is 33.2 Å². The van der Waals surface area contributed by atoms with Gasteiger partial charge in [0.15, 0.2) is 0 Å². The van der Waals surface area contributed by atoms with Crippen molar-refractivity contribution in [1.29, 1.82) is 0 Å². The first kappa shape index (κ1) is 54.6. The van der Waals surface area contributed by atoms with Crippen LogP contribution in [-0.2, 0) is 9.53 Å². The summed E-state index contributed by atoms with van der Waals surface area (Å²) in [6.45, 7) is 22.0. The minimum absolute atomic E-state index is 1.00. The third kappa shape index (κ3) is 17100. The minimum atomic E-state index is 1.00. The van der Waals surface area contributed by atoms with Gasteiger partial charge in [-0.25, -0.2) is 0 Å². The number of carbonyl (C=O) groups excluding carboxylic acids is 1. The lowest BCUT2D eigenvalue weighted by Gasteiger charge is -1.61. The predicted octanol–water partition coefficient (Wildman–Crippen LogP) is 4.82. The molecule has 0 spiro atoms. The molecule has 0 bridgehead atoms. The van der Waals surface area contributed by atoms with E-state index in [0.717, 1.165) is 7.11 Å². The van der Waals surface area contributed by atoms with Gasteiger partial charge in [-0.15, -0.1) is 0 Å². The van der Waals surface area contributed by atoms with Crippen molar-refractivity contribution in [2.75, 3.05) is 21.3 Å². The van der Waals surface area contributed by atoms with Gasteiger partial charge in [-0.1, -0.05) is 69.2 Å². The van der Waals surface area contributed by atoms with Gasteiger partial charge < -0.3 is 14.6 Å². The summed E-state index contributed by atoms with van der Waals surface area (Å²) in [7, 11) is 4.25. The maximum absolute atomic E-state index is 8.00. The van der Waals surface area contributed by atoms with Crippen LogP contribution in [0.15, 0.2) is 0 Å². The fourth-order valence-electron chi connectivity index (χ4n) is 0. The molecule has 0 heterocycles. The summed E-state index contributed by atoms with van der Waals surface area (Å²) in [5.74, 6) is 0. The van der Waals surface area contributed by atoms with Gasteiger partial charge >= 0.3 is 0 Å². The topological polar surface area (TPSA) is 46.5 Å². The summed E-state index contributed by atoms with van der Waals surface area (Å²) in [6.07, 6.45) is 0. The molecule has 0 aromatic heterocycles. The lowest BCUT2D eigenvalue weighted by Crippen LogP contribution is -1.55. The second kappa shape index (κ2) is 9530. The molecule has 0 atom stereocenters. The lowest BCUT2D eigenvalue weighted by atomic mass is 11.0. The van der Waals surface area contributed by atoms with Crippen molar-refractivity contribution in [2.24, 2.45) is 0 Å². The van der Waals surface area contributed by atoms with Gasteiger partial charge in [0.1, 0.15) is 6.79 Å². The number of aliphatic hydroxyl groups is 1. The van der Waals surface area contributed by atoms with Crippen LogP contribution in [0, 0.1) is 0 Å². The molecule has 0 aliphatic carbocycles. The van der Waals surface area contributed by atoms with E-state index < -0.39 is 0 Å². The van der Waals surface area contributed by atoms with Crippen LogP contribution in [0.1, 0.15) is 69.2 Å². The first-order valence-corrected chi connectivity index (χ1v) is 6.55. The van der Waals surface area contributed by atoms with Gasteiger partial charge in [0, 0.05) is 21.3 Å². The minimum Gasteiger partial charge on any atom is -0.400 e. The van der Waals surface area contributed by atoms with Crippen molar-refractivity contribution < 1.29 is 14.6 Å². The third-order valence-corrected chi connectivity index (χ3v) is 0. The largest absolute Gasteiger partial charge is 0.400 e. The summed E-state index contributed by atoms with van der Waals surface area (Å²) in [6, 6.07) is 0. The number of aliphatic hydroxyl groups excluding tert-OH is 1. The second-order valence-corrected chi connectivity index (χ2v) is 0.408. The Kier molecular flexibility index (Phi) is 30600. The molecule has 116 valence electrons. The van der Waals surface area contributed by atoms with E-state index in [2.05, 4.69) is 4.74 Å². The smallest absolute Gasteiger partial charge is 0.106 e. The van der Waals surface area contributed by atoms with E-state index in [1.54, 1.807) is 14.2 Å². The van der Waals surface area contributed by atoms with Crippen molar-refractivity contribution in [3.05, 3.63) is 0 Å². The number of rotatable bonds is 0. The van der Waals surface area contributed by atoms with Crippen LogP contribution < -0.4 is 0 Å². The molecule has 0 amide bonds. The molecular formula is C14H42O3. The van der Waals surface area contributed by atoms with Crippen molar-refractivity contribution >= 4 is 6.79 Å². The lowest BCUT2D eigenvalue weighted by molar-refractivity contribution is -0.0979. The molecule has 3 heteroatoms. The Morgan fingerprint density at radius 2 is 0.588 bits per heavy atom. The Morgan fingerprint density at radius 1 is 0.588 bits per heavy atom. The number of carbonyl (C=O) groups is 1. The van der Waals surface area contributed by atoms with E-state index in [4.69, 9.17) is 9.90 Å². The molecule has 0 aliphatic heterocycles. The Balaban J connectivity index is -0.00000000914. The van der Waals surface area contributed by atoms with Crippen LogP contribution >= 0.6 is 0 Å². The summed E-state index contributed by atoms with van der Waals surface area (Å²) in [5, 5.41) is 7.00. The van der Waals surface area contributed by atoms with Crippen molar-refractivity contribution in [3.63, 3.8) is 0 Å². The quantitative estimate of drug-likeness (QED) is 0.677. The first-order valence-electron chi connectivity index (χ1n) is 6.55. The fourth-order valence-corrected chi connectivity index (χ4v) is 0. The van der Waals surface area contributed by atoms with Gasteiger partial charge in [0.2, 0.25) is 0 Å². The third-order valence-electron chi connectivity index (χ3n) is 0. The Morgan fingerprint density at radius 3 is 0.588 bits per heavy atom. The van der Waals surface area contributed by atoms with Crippen LogP contribution in [0.3, 0.4) is 0 Å². The molecule has 0 aromatic rings. The first-order chi connectivity index (χ1) is 8.41. The highest BCUT2D eigenvalue weighted by atomic mass is 16.4.